The third kappa shape index (κ3) is 5.73. The quantitative estimate of drug-likeness (QED) is 0.168. The zero-order chi connectivity index (χ0) is 41.4. The normalized spacial score (nSPS) is 11.8. The van der Waals surface area contributed by atoms with Crippen LogP contribution in [0.2, 0.25) is 0 Å². The highest BCUT2D eigenvalue weighted by Crippen LogP contribution is 2.46. The molecular weight excluding hydrogens is 789 g/mol. The Labute approximate surface area is 365 Å². The first kappa shape index (κ1) is 35.6. The van der Waals surface area contributed by atoms with E-state index in [2.05, 4.69) is 174 Å². The van der Waals surface area contributed by atoms with E-state index in [-0.39, 0.29) is 0 Å². The maximum Gasteiger partial charge on any atom is 0.167 e. The van der Waals surface area contributed by atoms with Gasteiger partial charge in [0.25, 0.3) is 0 Å². The lowest BCUT2D eigenvalue weighted by Gasteiger charge is -2.14. The van der Waals surface area contributed by atoms with E-state index in [1.807, 2.05) is 36.4 Å². The van der Waals surface area contributed by atoms with Gasteiger partial charge in [-0.25, -0.2) is 15.0 Å². The minimum atomic E-state index is 0.554. The van der Waals surface area contributed by atoms with Gasteiger partial charge in [-0.1, -0.05) is 158 Å². The molecule has 5 nitrogen and oxygen atoms in total. The molecule has 0 radical (unpaired) electrons. The van der Waals surface area contributed by atoms with Crippen LogP contribution in [0.4, 0.5) is 0 Å². The molecule has 6 heteroatoms. The van der Waals surface area contributed by atoms with Crippen molar-refractivity contribution in [2.24, 2.45) is 0 Å². The smallest absolute Gasteiger partial charge is 0.167 e. The Bertz CT molecular complexity index is 3870. The van der Waals surface area contributed by atoms with Crippen LogP contribution in [0.25, 0.3) is 126 Å². The minimum absolute atomic E-state index is 0.554. The van der Waals surface area contributed by atoms with E-state index in [0.29, 0.717) is 17.5 Å². The van der Waals surface area contributed by atoms with Gasteiger partial charge in [-0.05, 0) is 70.8 Å². The van der Waals surface area contributed by atoms with Crippen molar-refractivity contribution in [1.82, 2.24) is 19.5 Å². The summed E-state index contributed by atoms with van der Waals surface area (Å²) in [5.41, 5.74) is 12.3. The summed E-state index contributed by atoms with van der Waals surface area (Å²) in [5, 5.41) is 6.84. The van der Waals surface area contributed by atoms with Gasteiger partial charge in [-0.3, -0.25) is 0 Å². The summed E-state index contributed by atoms with van der Waals surface area (Å²) in [7, 11) is 0. The molecule has 0 aliphatic carbocycles. The van der Waals surface area contributed by atoms with E-state index in [0.717, 1.165) is 65.4 Å². The van der Waals surface area contributed by atoms with Crippen molar-refractivity contribution in [3.05, 3.63) is 206 Å². The van der Waals surface area contributed by atoms with Crippen LogP contribution in [0.15, 0.2) is 211 Å². The Morgan fingerprint density at radius 2 is 0.952 bits per heavy atom. The number of thiophene rings is 1. The highest BCUT2D eigenvalue weighted by Gasteiger charge is 2.23. The van der Waals surface area contributed by atoms with Crippen molar-refractivity contribution in [1.29, 1.82) is 0 Å². The molecule has 0 unspecified atom stereocenters. The molecule has 0 N–H and O–H groups in total. The predicted octanol–water partition coefficient (Wildman–Crippen LogP) is 15.6. The summed E-state index contributed by atoms with van der Waals surface area (Å²) in [4.78, 5) is 16.0. The van der Waals surface area contributed by atoms with E-state index in [1.54, 1.807) is 11.3 Å². The van der Waals surface area contributed by atoms with Gasteiger partial charge in [0, 0.05) is 58.5 Å². The maximum absolute atomic E-state index is 6.58. The Hall–Kier alpha value is -8.19. The number of furan rings is 1. The van der Waals surface area contributed by atoms with Crippen LogP contribution in [-0.2, 0) is 0 Å². The fourth-order valence-electron chi connectivity index (χ4n) is 9.40. The molecule has 294 valence electrons. The first-order valence-corrected chi connectivity index (χ1v) is 21.9. The van der Waals surface area contributed by atoms with Gasteiger partial charge in [0.1, 0.15) is 11.2 Å². The molecular formula is C57H34N4OS. The predicted molar refractivity (Wildman–Crippen MR) is 262 cm³/mol. The van der Waals surface area contributed by atoms with Gasteiger partial charge in [0.15, 0.2) is 17.5 Å². The number of benzene rings is 9. The van der Waals surface area contributed by atoms with Crippen LogP contribution in [0.1, 0.15) is 0 Å². The Kier molecular flexibility index (Phi) is 8.01. The summed E-state index contributed by atoms with van der Waals surface area (Å²) in [6, 6.07) is 72.8. The number of hydrogen-bond donors (Lipinski definition) is 0. The zero-order valence-corrected chi connectivity index (χ0v) is 34.6. The van der Waals surface area contributed by atoms with Crippen LogP contribution in [-0.4, -0.2) is 19.5 Å². The molecule has 4 aromatic heterocycles. The first-order valence-electron chi connectivity index (χ1n) is 21.1. The molecule has 0 saturated heterocycles. The van der Waals surface area contributed by atoms with E-state index >= 15 is 0 Å². The average Bonchev–Trinajstić information content (AvgIpc) is 4.04. The molecule has 0 fully saturated rings. The summed E-state index contributed by atoms with van der Waals surface area (Å²) in [6.07, 6.45) is 0. The standard InChI is InChI=1S/C57H34N4OS/c1-3-16-35(17-4-1)37-20-13-21-38(32-37)40-25-15-31-51-52(40)46-33-39(61-48-28-10-7-22-41(48)42-23-8-11-29-49(42)61)34-47(54(46)63-51)57-59-55(36-18-5-2-6-19-36)58-56(60-57)45-27-14-26-44-43-24-9-12-30-50(43)62-53(44)45/h1-34H. The van der Waals surface area contributed by atoms with E-state index in [9.17, 15) is 0 Å². The molecule has 0 atom stereocenters. The maximum atomic E-state index is 6.58. The molecule has 13 rings (SSSR count). The third-order valence-corrected chi connectivity index (χ3v) is 13.5. The second-order valence-electron chi connectivity index (χ2n) is 15.9. The molecule has 63 heavy (non-hydrogen) atoms. The fourth-order valence-corrected chi connectivity index (χ4v) is 10.6. The molecule has 0 saturated carbocycles. The van der Waals surface area contributed by atoms with Crippen molar-refractivity contribution >= 4 is 75.3 Å². The lowest BCUT2D eigenvalue weighted by Crippen LogP contribution is -2.01. The van der Waals surface area contributed by atoms with Gasteiger partial charge in [-0.2, -0.15) is 0 Å². The van der Waals surface area contributed by atoms with Crippen LogP contribution in [0, 0.1) is 0 Å². The molecule has 0 aliphatic rings. The minimum Gasteiger partial charge on any atom is -0.455 e. The summed E-state index contributed by atoms with van der Waals surface area (Å²) < 4.78 is 11.3. The highest BCUT2D eigenvalue weighted by molar-refractivity contribution is 7.26. The van der Waals surface area contributed by atoms with E-state index in [4.69, 9.17) is 19.4 Å². The number of hydrogen-bond acceptors (Lipinski definition) is 5. The summed E-state index contributed by atoms with van der Waals surface area (Å²) in [5.74, 6) is 1.75. The molecule has 0 spiro atoms. The van der Waals surface area contributed by atoms with Crippen LogP contribution < -0.4 is 0 Å². The van der Waals surface area contributed by atoms with Crippen molar-refractivity contribution in [3.63, 3.8) is 0 Å². The number of rotatable bonds is 6. The van der Waals surface area contributed by atoms with Crippen LogP contribution in [0.3, 0.4) is 0 Å². The van der Waals surface area contributed by atoms with E-state index in [1.165, 1.54) is 43.1 Å². The van der Waals surface area contributed by atoms with Crippen molar-refractivity contribution in [3.8, 4) is 62.1 Å². The van der Waals surface area contributed by atoms with Crippen LogP contribution >= 0.6 is 11.3 Å². The van der Waals surface area contributed by atoms with E-state index < -0.39 is 0 Å². The summed E-state index contributed by atoms with van der Waals surface area (Å²) in [6.45, 7) is 0. The van der Waals surface area contributed by atoms with Crippen molar-refractivity contribution in [2.75, 3.05) is 0 Å². The lowest BCUT2D eigenvalue weighted by atomic mass is 9.95. The van der Waals surface area contributed by atoms with Gasteiger partial charge in [-0.15, -0.1) is 11.3 Å². The third-order valence-electron chi connectivity index (χ3n) is 12.3. The zero-order valence-electron chi connectivity index (χ0n) is 33.7. The highest BCUT2D eigenvalue weighted by atomic mass is 32.1. The fraction of sp³-hybridized carbons (Fsp3) is 0. The SMILES string of the molecule is c1ccc(-c2cccc(-c3cccc4sc5c(-c6nc(-c7ccccc7)nc(-c7cccc8c7oc7ccccc78)n6)cc(-n6c7ccccc7c7ccccc76)cc5c34)c2)cc1. The Morgan fingerprint density at radius 3 is 1.73 bits per heavy atom. The number of fused-ring (bicyclic) bond motifs is 9. The average molecular weight is 823 g/mol. The van der Waals surface area contributed by atoms with Crippen molar-refractivity contribution in [2.45, 2.75) is 0 Å². The first-order chi connectivity index (χ1) is 31.2. The van der Waals surface area contributed by atoms with Gasteiger partial charge in [0.05, 0.1) is 16.6 Å². The molecule has 9 aromatic carbocycles. The number of para-hydroxylation sites is 4. The topological polar surface area (TPSA) is 56.7 Å². The van der Waals surface area contributed by atoms with Crippen LogP contribution in [0.5, 0.6) is 0 Å². The Balaban J connectivity index is 1.13. The summed E-state index contributed by atoms with van der Waals surface area (Å²) >= 11 is 1.79. The molecule has 0 aliphatic heterocycles. The largest absolute Gasteiger partial charge is 0.455 e. The number of aromatic nitrogens is 4. The number of nitrogens with zero attached hydrogens (tertiary/aromatic N) is 4. The molecule has 13 aromatic rings. The lowest BCUT2D eigenvalue weighted by molar-refractivity contribution is 0.669. The van der Waals surface area contributed by atoms with Crippen molar-refractivity contribution < 1.29 is 4.42 Å². The Morgan fingerprint density at radius 1 is 0.381 bits per heavy atom. The molecule has 0 amide bonds. The second-order valence-corrected chi connectivity index (χ2v) is 17.0. The van der Waals surface area contributed by atoms with Gasteiger partial charge < -0.3 is 8.98 Å². The second kappa shape index (κ2) is 14.2. The molecule has 4 heterocycles. The van der Waals surface area contributed by atoms with Gasteiger partial charge in [0.2, 0.25) is 0 Å². The monoisotopic (exact) mass is 822 g/mol. The van der Waals surface area contributed by atoms with Gasteiger partial charge >= 0.3 is 0 Å². The molecule has 0 bridgehead atoms.